The third kappa shape index (κ3) is 4.22. The molecule has 0 spiro atoms. The van der Waals surface area contributed by atoms with Crippen molar-refractivity contribution < 1.29 is 17.6 Å². The number of sulfonamides is 1. The minimum atomic E-state index is -3.89. The van der Waals surface area contributed by atoms with E-state index in [0.717, 1.165) is 37.9 Å². The van der Waals surface area contributed by atoms with E-state index < -0.39 is 15.8 Å². The van der Waals surface area contributed by atoms with Crippen LogP contribution in [0.15, 0.2) is 53.4 Å². The summed E-state index contributed by atoms with van der Waals surface area (Å²) in [5.41, 5.74) is 2.74. The molecule has 33 heavy (non-hydrogen) atoms. The molecule has 3 N–H and O–H groups in total. The number of nitrogens with one attached hydrogen (secondary N) is 3. The summed E-state index contributed by atoms with van der Waals surface area (Å²) in [5.74, 6) is -0.660. The smallest absolute Gasteiger partial charge is 0.256 e. The van der Waals surface area contributed by atoms with Gasteiger partial charge in [0, 0.05) is 49.5 Å². The molecule has 3 heterocycles. The van der Waals surface area contributed by atoms with Gasteiger partial charge in [-0.15, -0.1) is 0 Å². The van der Waals surface area contributed by atoms with Gasteiger partial charge in [0.15, 0.2) is 5.82 Å². The summed E-state index contributed by atoms with van der Waals surface area (Å²) >= 11 is 0. The molecule has 1 aromatic heterocycles. The maximum absolute atomic E-state index is 13.5. The quantitative estimate of drug-likeness (QED) is 0.526. The van der Waals surface area contributed by atoms with E-state index in [9.17, 15) is 17.6 Å². The summed E-state index contributed by atoms with van der Waals surface area (Å²) in [6, 6.07) is 12.3. The molecule has 11 heteroatoms. The van der Waals surface area contributed by atoms with E-state index >= 15 is 0 Å². The van der Waals surface area contributed by atoms with Crippen molar-refractivity contribution in [3.63, 3.8) is 0 Å². The van der Waals surface area contributed by atoms with Crippen molar-refractivity contribution in [2.45, 2.75) is 18.0 Å². The fourth-order valence-corrected chi connectivity index (χ4v) is 5.50. The van der Waals surface area contributed by atoms with Crippen molar-refractivity contribution >= 4 is 27.4 Å². The second-order valence-electron chi connectivity index (χ2n) is 8.00. The van der Waals surface area contributed by atoms with Gasteiger partial charge in [0.1, 0.15) is 5.82 Å². The first-order chi connectivity index (χ1) is 15.9. The second kappa shape index (κ2) is 8.58. The van der Waals surface area contributed by atoms with Gasteiger partial charge in [-0.2, -0.15) is 9.40 Å². The fraction of sp³-hybridized carbons (Fsp3) is 0.273. The molecule has 0 aliphatic carbocycles. The fourth-order valence-electron chi connectivity index (χ4n) is 4.09. The van der Waals surface area contributed by atoms with Crippen LogP contribution in [-0.2, 0) is 23.1 Å². The Morgan fingerprint density at radius 3 is 2.55 bits per heavy atom. The average molecular weight is 471 g/mol. The van der Waals surface area contributed by atoms with Crippen molar-refractivity contribution in [1.82, 2.24) is 19.8 Å². The lowest BCUT2D eigenvalue weighted by molar-refractivity contribution is 0.102. The molecule has 2 aliphatic rings. The Morgan fingerprint density at radius 2 is 1.82 bits per heavy atom. The molecule has 172 valence electrons. The SMILES string of the molecule is O=C(Nc1n[nH]c2c1CN(S(=O)(=O)c1cccc(F)c1)C2)c1ccc(N2CCNCC2)cc1. The Balaban J connectivity index is 1.28. The van der Waals surface area contributed by atoms with Crippen LogP contribution in [0.3, 0.4) is 0 Å². The van der Waals surface area contributed by atoms with E-state index in [-0.39, 0.29) is 29.7 Å². The molecule has 9 nitrogen and oxygen atoms in total. The van der Waals surface area contributed by atoms with E-state index in [2.05, 4.69) is 25.7 Å². The highest BCUT2D eigenvalue weighted by Gasteiger charge is 2.34. The molecule has 1 saturated heterocycles. The van der Waals surface area contributed by atoms with E-state index in [1.54, 1.807) is 12.1 Å². The lowest BCUT2D eigenvalue weighted by atomic mass is 10.1. The summed E-state index contributed by atoms with van der Waals surface area (Å²) in [4.78, 5) is 14.9. The average Bonchev–Trinajstić information content (AvgIpc) is 3.42. The van der Waals surface area contributed by atoms with Crippen molar-refractivity contribution in [2.24, 2.45) is 0 Å². The van der Waals surface area contributed by atoms with Crippen LogP contribution < -0.4 is 15.5 Å². The van der Waals surface area contributed by atoms with Gasteiger partial charge < -0.3 is 15.5 Å². The molecular weight excluding hydrogens is 447 g/mol. The molecule has 0 bridgehead atoms. The number of hydrogen-bond donors (Lipinski definition) is 3. The van der Waals surface area contributed by atoms with Crippen LogP contribution in [0.4, 0.5) is 15.9 Å². The Bertz CT molecular complexity index is 1290. The van der Waals surface area contributed by atoms with Crippen molar-refractivity contribution in [1.29, 1.82) is 0 Å². The van der Waals surface area contributed by atoms with Gasteiger partial charge in [-0.3, -0.25) is 9.89 Å². The summed E-state index contributed by atoms with van der Waals surface area (Å²) in [6.07, 6.45) is 0. The number of halogens is 1. The van der Waals surface area contributed by atoms with Crippen LogP contribution in [0.25, 0.3) is 0 Å². The molecule has 2 aliphatic heterocycles. The third-order valence-electron chi connectivity index (χ3n) is 5.90. The predicted octanol–water partition coefficient (Wildman–Crippen LogP) is 1.92. The van der Waals surface area contributed by atoms with Gasteiger partial charge in [-0.25, -0.2) is 12.8 Å². The van der Waals surface area contributed by atoms with Gasteiger partial charge in [0.2, 0.25) is 10.0 Å². The number of hydrogen-bond acceptors (Lipinski definition) is 6. The number of benzene rings is 2. The largest absolute Gasteiger partial charge is 0.369 e. The molecule has 1 fully saturated rings. The molecule has 0 atom stereocenters. The number of rotatable bonds is 5. The topological polar surface area (TPSA) is 110 Å². The van der Waals surface area contributed by atoms with E-state index in [1.165, 1.54) is 22.5 Å². The van der Waals surface area contributed by atoms with Crippen LogP contribution in [0.5, 0.6) is 0 Å². The van der Waals surface area contributed by atoms with Gasteiger partial charge in [0.05, 0.1) is 17.1 Å². The maximum Gasteiger partial charge on any atom is 0.256 e. The molecule has 3 aromatic rings. The summed E-state index contributed by atoms with van der Waals surface area (Å²) in [5, 5.41) is 13.0. The van der Waals surface area contributed by atoms with Gasteiger partial charge in [-0.1, -0.05) is 6.07 Å². The number of fused-ring (bicyclic) bond motifs is 1. The minimum absolute atomic E-state index is 0.0300. The van der Waals surface area contributed by atoms with E-state index in [4.69, 9.17) is 0 Å². The highest BCUT2D eigenvalue weighted by Crippen LogP contribution is 2.32. The first kappa shape index (κ1) is 21.6. The van der Waals surface area contributed by atoms with Gasteiger partial charge in [-0.05, 0) is 42.5 Å². The zero-order valence-electron chi connectivity index (χ0n) is 17.7. The maximum atomic E-state index is 13.5. The summed E-state index contributed by atoms with van der Waals surface area (Å²) < 4.78 is 40.6. The highest BCUT2D eigenvalue weighted by atomic mass is 32.2. The van der Waals surface area contributed by atoms with Crippen molar-refractivity contribution in [2.75, 3.05) is 36.4 Å². The Labute approximate surface area is 190 Å². The van der Waals surface area contributed by atoms with Crippen molar-refractivity contribution in [3.05, 3.63) is 71.2 Å². The Kier molecular flexibility index (Phi) is 5.60. The number of anilines is 2. The van der Waals surface area contributed by atoms with Gasteiger partial charge >= 0.3 is 0 Å². The number of aromatic amines is 1. The highest BCUT2D eigenvalue weighted by molar-refractivity contribution is 7.89. The molecule has 0 radical (unpaired) electrons. The molecule has 0 saturated carbocycles. The lowest BCUT2D eigenvalue weighted by Crippen LogP contribution is -2.43. The van der Waals surface area contributed by atoms with Crippen LogP contribution in [0.1, 0.15) is 21.6 Å². The van der Waals surface area contributed by atoms with Crippen LogP contribution in [0, 0.1) is 5.82 Å². The Hall–Kier alpha value is -3.28. The number of carbonyl (C=O) groups excluding carboxylic acids is 1. The number of amides is 1. The molecule has 2 aromatic carbocycles. The third-order valence-corrected chi connectivity index (χ3v) is 7.69. The molecule has 5 rings (SSSR count). The number of H-pyrrole nitrogens is 1. The first-order valence-corrected chi connectivity index (χ1v) is 12.0. The molecule has 1 amide bonds. The van der Waals surface area contributed by atoms with Crippen LogP contribution in [0.2, 0.25) is 0 Å². The van der Waals surface area contributed by atoms with E-state index in [1.807, 2.05) is 12.1 Å². The van der Waals surface area contributed by atoms with Crippen molar-refractivity contribution in [3.8, 4) is 0 Å². The minimum Gasteiger partial charge on any atom is -0.369 e. The first-order valence-electron chi connectivity index (χ1n) is 10.6. The molecule has 0 unspecified atom stereocenters. The van der Waals surface area contributed by atoms with Crippen LogP contribution in [-0.4, -0.2) is 55.0 Å². The number of carbonyl (C=O) groups is 1. The second-order valence-corrected chi connectivity index (χ2v) is 9.94. The lowest BCUT2D eigenvalue weighted by Gasteiger charge is -2.29. The normalized spacial score (nSPS) is 16.6. The van der Waals surface area contributed by atoms with E-state index in [0.29, 0.717) is 16.8 Å². The molecular formula is C22H23FN6O3S. The summed E-state index contributed by atoms with van der Waals surface area (Å²) in [7, 11) is -3.89. The standard InChI is InChI=1S/C22H23FN6O3S/c23-16-2-1-3-18(12-16)33(31,32)29-13-19-20(14-29)26-27-21(19)25-22(30)15-4-6-17(7-5-15)28-10-8-24-9-11-28/h1-7,12,24H,8-11,13-14H2,(H2,25,26,27,30). The van der Waals surface area contributed by atoms with Gasteiger partial charge in [0.25, 0.3) is 5.91 Å². The zero-order chi connectivity index (χ0) is 23.0. The van der Waals surface area contributed by atoms with Crippen LogP contribution >= 0.6 is 0 Å². The zero-order valence-corrected chi connectivity index (χ0v) is 18.5. The number of piperazine rings is 1. The monoisotopic (exact) mass is 470 g/mol. The number of aromatic nitrogens is 2. The summed E-state index contributed by atoms with van der Waals surface area (Å²) in [6.45, 7) is 3.79. The number of nitrogens with zero attached hydrogens (tertiary/aromatic N) is 3. The Morgan fingerprint density at radius 1 is 1.06 bits per heavy atom. The predicted molar refractivity (Wildman–Crippen MR) is 121 cm³/mol.